The fraction of sp³-hybridized carbons (Fsp3) is 0.143. The maximum absolute atomic E-state index is 10.6. The Morgan fingerprint density at radius 1 is 1.43 bits per heavy atom. The van der Waals surface area contributed by atoms with Crippen molar-refractivity contribution in [3.8, 4) is 5.75 Å². The maximum Gasteiger partial charge on any atom is 1.00 e. The Hall–Kier alpha value is 0.220. The first-order valence-electron chi connectivity index (χ1n) is 3.24. The number of hydrogen-bond acceptors (Lipinski definition) is 4. The maximum atomic E-state index is 10.6. The average molecular weight is 245 g/mol. The summed E-state index contributed by atoms with van der Waals surface area (Å²) in [5.74, 6) is -0.0394. The molecule has 1 rings (SSSR count). The zero-order valence-electron chi connectivity index (χ0n) is 7.65. The molecule has 0 bridgehead atoms. The SMILES string of the molecule is COc1cc(Cl)ccc1S(=O)(=O)[O-].[Na+]. The summed E-state index contributed by atoms with van der Waals surface area (Å²) >= 11 is 5.57. The second kappa shape index (κ2) is 5.34. The average Bonchev–Trinajstić information content (AvgIpc) is 2.01. The molecule has 0 radical (unpaired) electrons. The summed E-state index contributed by atoms with van der Waals surface area (Å²) in [6, 6.07) is 3.70. The van der Waals surface area contributed by atoms with Crippen LogP contribution in [-0.2, 0) is 10.1 Å². The van der Waals surface area contributed by atoms with Crippen molar-refractivity contribution in [1.29, 1.82) is 0 Å². The van der Waals surface area contributed by atoms with Gasteiger partial charge in [-0.25, -0.2) is 8.42 Å². The third kappa shape index (κ3) is 3.42. The first-order valence-corrected chi connectivity index (χ1v) is 5.03. The van der Waals surface area contributed by atoms with Gasteiger partial charge in [0.15, 0.2) is 0 Å². The van der Waals surface area contributed by atoms with Crippen LogP contribution in [0.25, 0.3) is 0 Å². The van der Waals surface area contributed by atoms with Crippen LogP contribution in [0.3, 0.4) is 0 Å². The van der Waals surface area contributed by atoms with Gasteiger partial charge in [-0.1, -0.05) is 11.6 Å². The normalized spacial score (nSPS) is 10.5. The molecule has 0 N–H and O–H groups in total. The van der Waals surface area contributed by atoms with Crippen molar-refractivity contribution < 1.29 is 47.3 Å². The number of methoxy groups -OCH3 is 1. The molecule has 0 spiro atoms. The largest absolute Gasteiger partial charge is 1.00 e. The molecule has 0 aliphatic heterocycles. The zero-order chi connectivity index (χ0) is 10.1. The Balaban J connectivity index is 0.00000169. The molecule has 0 aromatic heterocycles. The topological polar surface area (TPSA) is 66.4 Å². The minimum Gasteiger partial charge on any atom is -0.744 e. The molecule has 1 aromatic carbocycles. The molecule has 14 heavy (non-hydrogen) atoms. The van der Waals surface area contributed by atoms with Crippen molar-refractivity contribution in [2.45, 2.75) is 4.90 Å². The smallest absolute Gasteiger partial charge is 0.744 e. The molecular weight excluding hydrogens is 239 g/mol. The van der Waals surface area contributed by atoms with Crippen molar-refractivity contribution in [2.24, 2.45) is 0 Å². The van der Waals surface area contributed by atoms with Gasteiger partial charge in [0.2, 0.25) is 0 Å². The summed E-state index contributed by atoms with van der Waals surface area (Å²) in [5, 5.41) is 0.309. The molecule has 0 aliphatic carbocycles. The van der Waals surface area contributed by atoms with Crippen molar-refractivity contribution in [3.05, 3.63) is 23.2 Å². The van der Waals surface area contributed by atoms with Crippen LogP contribution in [0.4, 0.5) is 0 Å². The minimum atomic E-state index is -4.50. The summed E-state index contributed by atoms with van der Waals surface area (Å²) in [4.78, 5) is -0.403. The quantitative estimate of drug-likeness (QED) is 0.457. The van der Waals surface area contributed by atoms with E-state index in [-0.39, 0.29) is 35.3 Å². The summed E-state index contributed by atoms with van der Waals surface area (Å²) in [6.07, 6.45) is 0. The number of rotatable bonds is 2. The van der Waals surface area contributed by atoms with E-state index in [0.717, 1.165) is 6.07 Å². The predicted molar refractivity (Wildman–Crippen MR) is 46.0 cm³/mol. The van der Waals surface area contributed by atoms with Crippen LogP contribution in [0.15, 0.2) is 23.1 Å². The molecule has 0 heterocycles. The third-order valence-electron chi connectivity index (χ3n) is 1.40. The van der Waals surface area contributed by atoms with Gasteiger partial charge in [-0.05, 0) is 12.1 Å². The van der Waals surface area contributed by atoms with Crippen LogP contribution >= 0.6 is 11.6 Å². The molecule has 0 unspecified atom stereocenters. The number of benzene rings is 1. The number of ether oxygens (including phenoxy) is 1. The van der Waals surface area contributed by atoms with Crippen LogP contribution in [0.5, 0.6) is 5.75 Å². The van der Waals surface area contributed by atoms with Gasteiger partial charge in [-0.2, -0.15) is 0 Å². The van der Waals surface area contributed by atoms with Crippen molar-refractivity contribution in [1.82, 2.24) is 0 Å². The molecule has 7 heteroatoms. The second-order valence-electron chi connectivity index (χ2n) is 2.25. The van der Waals surface area contributed by atoms with E-state index in [0.29, 0.717) is 5.02 Å². The van der Waals surface area contributed by atoms with E-state index in [9.17, 15) is 13.0 Å². The first kappa shape index (κ1) is 14.2. The van der Waals surface area contributed by atoms with Gasteiger partial charge in [0.25, 0.3) is 0 Å². The number of halogens is 1. The summed E-state index contributed by atoms with van der Waals surface area (Å²) in [6.45, 7) is 0. The van der Waals surface area contributed by atoms with E-state index >= 15 is 0 Å². The van der Waals surface area contributed by atoms with Gasteiger partial charge in [0.1, 0.15) is 15.9 Å². The standard InChI is InChI=1S/C7H7ClO4S.Na/c1-12-6-4-5(8)2-3-7(6)13(9,10)11;/h2-4H,1H3,(H,9,10,11);/q;+1/p-1. The Labute approximate surface area is 109 Å². The molecule has 0 atom stereocenters. The van der Waals surface area contributed by atoms with Crippen LogP contribution in [0, 0.1) is 0 Å². The van der Waals surface area contributed by atoms with Gasteiger partial charge in [-0.3, -0.25) is 0 Å². The molecule has 1 aromatic rings. The van der Waals surface area contributed by atoms with E-state index in [4.69, 9.17) is 11.6 Å². The van der Waals surface area contributed by atoms with Gasteiger partial charge in [0, 0.05) is 11.1 Å². The molecule has 72 valence electrons. The molecule has 0 fully saturated rings. The second-order valence-corrected chi connectivity index (χ2v) is 4.03. The monoisotopic (exact) mass is 244 g/mol. The van der Waals surface area contributed by atoms with Crippen molar-refractivity contribution >= 4 is 21.7 Å². The van der Waals surface area contributed by atoms with E-state index in [1.807, 2.05) is 0 Å². The van der Waals surface area contributed by atoms with E-state index < -0.39 is 15.0 Å². The summed E-state index contributed by atoms with van der Waals surface area (Å²) in [7, 11) is -3.23. The Kier molecular flexibility index (Phi) is 5.43. The van der Waals surface area contributed by atoms with Gasteiger partial charge in [0.05, 0.1) is 12.0 Å². The zero-order valence-corrected chi connectivity index (χ0v) is 11.2. The summed E-state index contributed by atoms with van der Waals surface area (Å²) < 4.78 is 36.6. The van der Waals surface area contributed by atoms with E-state index in [1.54, 1.807) is 0 Å². The predicted octanol–water partition coefficient (Wildman–Crippen LogP) is -1.74. The number of hydrogen-bond donors (Lipinski definition) is 0. The van der Waals surface area contributed by atoms with Crippen LogP contribution in [-0.4, -0.2) is 20.1 Å². The van der Waals surface area contributed by atoms with Gasteiger partial charge in [-0.15, -0.1) is 0 Å². The molecule has 0 saturated heterocycles. The van der Waals surface area contributed by atoms with E-state index in [2.05, 4.69) is 4.74 Å². The first-order chi connectivity index (χ1) is 5.95. The Morgan fingerprint density at radius 3 is 2.43 bits per heavy atom. The summed E-state index contributed by atoms with van der Waals surface area (Å²) in [5.41, 5.74) is 0. The van der Waals surface area contributed by atoms with Crippen molar-refractivity contribution in [3.63, 3.8) is 0 Å². The molecule has 4 nitrogen and oxygen atoms in total. The van der Waals surface area contributed by atoms with E-state index in [1.165, 1.54) is 19.2 Å². The van der Waals surface area contributed by atoms with Crippen molar-refractivity contribution in [2.75, 3.05) is 7.11 Å². The Morgan fingerprint density at radius 2 is 2.00 bits per heavy atom. The molecule has 0 amide bonds. The molecule has 0 saturated carbocycles. The minimum absolute atomic E-state index is 0. The fourth-order valence-electron chi connectivity index (χ4n) is 0.848. The molecule has 0 aliphatic rings. The van der Waals surface area contributed by atoms with Crippen LogP contribution in [0.2, 0.25) is 5.02 Å². The third-order valence-corrected chi connectivity index (χ3v) is 2.51. The Bertz CT molecular complexity index is 418. The van der Waals surface area contributed by atoms with Gasteiger partial charge < -0.3 is 9.29 Å². The van der Waals surface area contributed by atoms with Crippen LogP contribution < -0.4 is 34.3 Å². The fourth-order valence-corrected chi connectivity index (χ4v) is 1.63. The molecular formula is C7H6ClNaO4S. The van der Waals surface area contributed by atoms with Gasteiger partial charge >= 0.3 is 29.6 Å². The van der Waals surface area contributed by atoms with Crippen LogP contribution in [0.1, 0.15) is 0 Å².